The van der Waals surface area contributed by atoms with Crippen molar-refractivity contribution in [3.8, 4) is 5.75 Å². The van der Waals surface area contributed by atoms with Gasteiger partial charge < -0.3 is 14.2 Å². The molecule has 7 rings (SSSR count). The average molecular weight is 496 g/mol. The molecule has 2 atom stereocenters. The smallest absolute Gasteiger partial charge is 0.240 e. The van der Waals surface area contributed by atoms with Gasteiger partial charge in [-0.05, 0) is 35.7 Å². The summed E-state index contributed by atoms with van der Waals surface area (Å²) in [5.74, 6) is 0.951. The molecule has 0 unspecified atom stereocenters. The number of nitrogens with zero attached hydrogens (tertiary/aromatic N) is 7. The van der Waals surface area contributed by atoms with Crippen LogP contribution in [0.5, 0.6) is 5.75 Å². The molecule has 1 saturated heterocycles. The van der Waals surface area contributed by atoms with E-state index in [0.717, 1.165) is 53.3 Å². The van der Waals surface area contributed by atoms with Crippen molar-refractivity contribution in [2.45, 2.75) is 43.9 Å². The Balaban J connectivity index is 1.41. The number of anilines is 1. The highest BCUT2D eigenvalue weighted by molar-refractivity contribution is 6.09. The lowest BCUT2D eigenvalue weighted by atomic mass is 9.72. The molecule has 1 amide bonds. The average Bonchev–Trinajstić information content (AvgIpc) is 3.67. The van der Waals surface area contributed by atoms with Crippen molar-refractivity contribution in [2.75, 3.05) is 18.1 Å². The maximum atomic E-state index is 14.6. The zero-order chi connectivity index (χ0) is 25.0. The predicted octanol–water partition coefficient (Wildman–Crippen LogP) is 3.23. The molecular weight excluding hydrogens is 466 g/mol. The van der Waals surface area contributed by atoms with Crippen LogP contribution < -0.4 is 9.64 Å². The molecule has 9 nitrogen and oxygen atoms in total. The third-order valence-corrected chi connectivity index (χ3v) is 8.09. The number of likely N-dealkylation sites (tertiary alicyclic amines) is 1. The Bertz CT molecular complexity index is 1480. The standard InChI is InChI=1S/C28H29N7O2/c1-32-19-29-15-22(32)18-33-12-10-28-24-8-2-3-9-25(24)35(27(28)36)17-21-16-34(31-30-21)11-5-13-37-23-7-4-6-20(14-23)26(28)33/h2-4,6-9,14-16,19,26H,5,10-13,17-18H2,1H3/t26-,28+/m0/s1. The Morgan fingerprint density at radius 3 is 2.95 bits per heavy atom. The molecule has 1 spiro atoms. The largest absolute Gasteiger partial charge is 0.494 e. The molecule has 37 heavy (non-hydrogen) atoms. The van der Waals surface area contributed by atoms with Crippen LogP contribution in [0.4, 0.5) is 5.69 Å². The van der Waals surface area contributed by atoms with Crippen molar-refractivity contribution in [3.05, 3.63) is 89.8 Å². The number of ether oxygens (including phenoxy) is 1. The van der Waals surface area contributed by atoms with E-state index in [4.69, 9.17) is 4.74 Å². The van der Waals surface area contributed by atoms with Crippen LogP contribution in [0.15, 0.2) is 67.3 Å². The SMILES string of the molecule is Cn1cncc1CN1CC[C@]23C(=O)N(Cc4cn(nn4)CCCOc4cccc(c4)[C@H]12)c1ccccc13. The van der Waals surface area contributed by atoms with Crippen LogP contribution in [-0.4, -0.2) is 48.5 Å². The van der Waals surface area contributed by atoms with Crippen molar-refractivity contribution < 1.29 is 9.53 Å². The van der Waals surface area contributed by atoms with E-state index in [-0.39, 0.29) is 11.9 Å². The van der Waals surface area contributed by atoms with E-state index in [9.17, 15) is 4.79 Å². The molecule has 188 valence electrons. The van der Waals surface area contributed by atoms with Gasteiger partial charge in [-0.25, -0.2) is 4.98 Å². The molecule has 0 aliphatic carbocycles. The van der Waals surface area contributed by atoms with E-state index in [0.29, 0.717) is 26.2 Å². The molecule has 5 heterocycles. The van der Waals surface area contributed by atoms with Crippen molar-refractivity contribution in [1.29, 1.82) is 0 Å². The van der Waals surface area contributed by atoms with Crippen molar-refractivity contribution >= 4 is 11.6 Å². The fraction of sp³-hybridized carbons (Fsp3) is 0.357. The predicted molar refractivity (Wildman–Crippen MR) is 137 cm³/mol. The van der Waals surface area contributed by atoms with E-state index < -0.39 is 5.41 Å². The van der Waals surface area contributed by atoms with E-state index in [2.05, 4.69) is 49.0 Å². The molecule has 0 N–H and O–H groups in total. The summed E-state index contributed by atoms with van der Waals surface area (Å²) < 4.78 is 10.1. The first-order chi connectivity index (χ1) is 18.1. The molecular formula is C28H29N7O2. The molecule has 6 bridgehead atoms. The minimum atomic E-state index is -0.704. The summed E-state index contributed by atoms with van der Waals surface area (Å²) in [5, 5.41) is 8.69. The minimum Gasteiger partial charge on any atom is -0.494 e. The first-order valence-corrected chi connectivity index (χ1v) is 12.9. The maximum absolute atomic E-state index is 14.6. The molecule has 3 aliphatic heterocycles. The number of hydrogen-bond donors (Lipinski definition) is 0. The topological polar surface area (TPSA) is 81.3 Å². The summed E-state index contributed by atoms with van der Waals surface area (Å²) in [6.45, 7) is 3.20. The molecule has 9 heteroatoms. The van der Waals surface area contributed by atoms with Gasteiger partial charge in [-0.1, -0.05) is 35.5 Å². The van der Waals surface area contributed by atoms with E-state index in [1.165, 1.54) is 0 Å². The summed E-state index contributed by atoms with van der Waals surface area (Å²) in [4.78, 5) is 23.3. The minimum absolute atomic E-state index is 0.127. The fourth-order valence-electron chi connectivity index (χ4n) is 6.40. The Morgan fingerprint density at radius 1 is 1.14 bits per heavy atom. The number of benzene rings is 2. The van der Waals surface area contributed by atoms with Crippen molar-refractivity contribution in [2.24, 2.45) is 7.05 Å². The summed E-state index contributed by atoms with van der Waals surface area (Å²) in [5.41, 5.74) is 4.35. The number of aryl methyl sites for hydroxylation is 2. The number of carbonyl (C=O) groups is 1. The number of rotatable bonds is 2. The molecule has 4 aromatic rings. The second-order valence-electron chi connectivity index (χ2n) is 10.2. The van der Waals surface area contributed by atoms with Gasteiger partial charge in [0.1, 0.15) is 11.4 Å². The Labute approximate surface area is 215 Å². The molecule has 2 aromatic carbocycles. The molecule has 0 saturated carbocycles. The number of aromatic nitrogens is 5. The van der Waals surface area contributed by atoms with Gasteiger partial charge in [-0.2, -0.15) is 0 Å². The Hall–Kier alpha value is -3.98. The summed E-state index contributed by atoms with van der Waals surface area (Å²) in [6, 6.07) is 16.4. The lowest BCUT2D eigenvalue weighted by Crippen LogP contribution is -2.44. The fourth-order valence-corrected chi connectivity index (χ4v) is 6.40. The van der Waals surface area contributed by atoms with Gasteiger partial charge in [0.25, 0.3) is 0 Å². The first-order valence-electron chi connectivity index (χ1n) is 12.9. The molecule has 3 aliphatic rings. The van der Waals surface area contributed by atoms with Crippen molar-refractivity contribution in [1.82, 2.24) is 29.4 Å². The summed E-state index contributed by atoms with van der Waals surface area (Å²) in [7, 11) is 2.02. The third kappa shape index (κ3) is 3.48. The lowest BCUT2D eigenvalue weighted by molar-refractivity contribution is -0.124. The molecule has 1 fully saturated rings. The lowest BCUT2D eigenvalue weighted by Gasteiger charge is -2.35. The second-order valence-corrected chi connectivity index (χ2v) is 10.2. The number of hydrogen-bond acceptors (Lipinski definition) is 6. The van der Waals surface area contributed by atoms with Gasteiger partial charge in [0.2, 0.25) is 5.91 Å². The highest BCUT2D eigenvalue weighted by Gasteiger charge is 2.60. The van der Waals surface area contributed by atoms with Gasteiger partial charge in [0.15, 0.2) is 0 Å². The highest BCUT2D eigenvalue weighted by Crippen LogP contribution is 2.57. The van der Waals surface area contributed by atoms with Crippen LogP contribution in [0.2, 0.25) is 0 Å². The highest BCUT2D eigenvalue weighted by atomic mass is 16.5. The second kappa shape index (κ2) is 8.55. The van der Waals surface area contributed by atoms with Crippen molar-refractivity contribution in [3.63, 3.8) is 0 Å². The number of para-hydroxylation sites is 1. The summed E-state index contributed by atoms with van der Waals surface area (Å²) in [6.07, 6.45) is 7.24. The normalized spacial score (nSPS) is 23.2. The maximum Gasteiger partial charge on any atom is 0.240 e. The van der Waals surface area contributed by atoms with Crippen LogP contribution in [0.3, 0.4) is 0 Å². The quantitative estimate of drug-likeness (QED) is 0.425. The van der Waals surface area contributed by atoms with Crippen LogP contribution in [-0.2, 0) is 36.9 Å². The molecule has 0 radical (unpaired) electrons. The van der Waals surface area contributed by atoms with Crippen LogP contribution in [0, 0.1) is 0 Å². The van der Waals surface area contributed by atoms with Crippen LogP contribution in [0.1, 0.15) is 41.4 Å². The van der Waals surface area contributed by atoms with Gasteiger partial charge in [0, 0.05) is 45.0 Å². The van der Waals surface area contributed by atoms with E-state index in [1.54, 1.807) is 0 Å². The number of fused-ring (bicyclic) bond motifs is 8. The third-order valence-electron chi connectivity index (χ3n) is 8.09. The van der Waals surface area contributed by atoms with Gasteiger partial charge in [0.05, 0.1) is 42.8 Å². The van der Waals surface area contributed by atoms with Crippen LogP contribution in [0.25, 0.3) is 0 Å². The first kappa shape index (κ1) is 22.2. The number of imidazole rings is 1. The Morgan fingerprint density at radius 2 is 2.05 bits per heavy atom. The Kier molecular flexibility index (Phi) is 5.14. The zero-order valence-corrected chi connectivity index (χ0v) is 20.8. The number of carbonyl (C=O) groups excluding carboxylic acids is 1. The molecule has 2 aromatic heterocycles. The van der Waals surface area contributed by atoms with Gasteiger partial charge in [-0.3, -0.25) is 14.4 Å². The zero-order valence-electron chi connectivity index (χ0n) is 20.8. The monoisotopic (exact) mass is 495 g/mol. The van der Waals surface area contributed by atoms with Gasteiger partial charge >= 0.3 is 0 Å². The number of amides is 1. The van der Waals surface area contributed by atoms with E-state index in [1.807, 2.05) is 59.6 Å². The summed E-state index contributed by atoms with van der Waals surface area (Å²) >= 11 is 0. The van der Waals surface area contributed by atoms with Crippen LogP contribution >= 0.6 is 0 Å². The van der Waals surface area contributed by atoms with Gasteiger partial charge in [-0.15, -0.1) is 5.10 Å². The van der Waals surface area contributed by atoms with E-state index >= 15 is 0 Å².